The first-order valence-electron chi connectivity index (χ1n) is 5.02. The molecule has 0 unspecified atom stereocenters. The molecule has 4 aliphatic rings. The van der Waals surface area contributed by atoms with Crippen LogP contribution in [0, 0.1) is 10.8 Å². The Balaban J connectivity index is 2.08. The van der Waals surface area contributed by atoms with Crippen molar-refractivity contribution in [2.75, 3.05) is 32.8 Å². The van der Waals surface area contributed by atoms with Gasteiger partial charge < -0.3 is 0 Å². The van der Waals surface area contributed by atoms with Crippen LogP contribution in [0.5, 0.6) is 0 Å². The number of hydrogen-bond donors (Lipinski definition) is 0. The number of rotatable bonds is 0. The van der Waals surface area contributed by atoms with Crippen LogP contribution in [0.15, 0.2) is 0 Å². The van der Waals surface area contributed by atoms with Gasteiger partial charge in [-0.25, -0.2) is 0 Å². The first-order valence-corrected chi connectivity index (χ1v) is 5.02. The molecule has 0 aromatic heterocycles. The predicted octanol–water partition coefficient (Wildman–Crippen LogP) is 0.170. The molecule has 4 bridgehead atoms. The van der Waals surface area contributed by atoms with Crippen LogP contribution in [0.3, 0.4) is 0 Å². The number of carbonyl (C=O) groups is 1. The molecule has 4 rings (SSSR count). The Morgan fingerprint density at radius 2 is 1.38 bits per heavy atom. The lowest BCUT2D eigenvalue weighted by Gasteiger charge is -2.61. The molecule has 4 fully saturated rings. The van der Waals surface area contributed by atoms with Crippen molar-refractivity contribution in [2.24, 2.45) is 10.8 Å². The van der Waals surface area contributed by atoms with Gasteiger partial charge in [0.05, 0.1) is 17.5 Å². The maximum atomic E-state index is 12.2. The monoisotopic (exact) mass is 180 g/mol. The minimum absolute atomic E-state index is 0.0660. The van der Waals surface area contributed by atoms with E-state index in [0.29, 0.717) is 5.78 Å². The molecule has 0 spiro atoms. The summed E-state index contributed by atoms with van der Waals surface area (Å²) >= 11 is 0. The van der Waals surface area contributed by atoms with Gasteiger partial charge in [0.25, 0.3) is 0 Å². The number of nitrogens with zero attached hydrogens (tertiary/aromatic N) is 2. The van der Waals surface area contributed by atoms with Gasteiger partial charge in [0.2, 0.25) is 0 Å². The van der Waals surface area contributed by atoms with Crippen molar-refractivity contribution in [3.63, 3.8) is 0 Å². The summed E-state index contributed by atoms with van der Waals surface area (Å²) < 4.78 is 0. The van der Waals surface area contributed by atoms with Gasteiger partial charge in [-0.15, -0.1) is 0 Å². The molecule has 3 heteroatoms. The van der Waals surface area contributed by atoms with Crippen molar-refractivity contribution in [3.05, 3.63) is 0 Å². The quantitative estimate of drug-likeness (QED) is 0.531. The molecule has 3 nitrogen and oxygen atoms in total. The Hall–Kier alpha value is -0.410. The predicted molar refractivity (Wildman–Crippen MR) is 49.2 cm³/mol. The summed E-state index contributed by atoms with van der Waals surface area (Å²) in [5, 5.41) is 0. The first kappa shape index (κ1) is 7.94. The molecular formula is C10H16N2O. The molecule has 0 atom stereocenters. The van der Waals surface area contributed by atoms with Gasteiger partial charge in [0, 0.05) is 26.2 Å². The van der Waals surface area contributed by atoms with E-state index < -0.39 is 0 Å². The van der Waals surface area contributed by atoms with Crippen molar-refractivity contribution < 1.29 is 4.79 Å². The minimum Gasteiger partial charge on any atom is -0.298 e. The Morgan fingerprint density at radius 1 is 1.00 bits per heavy atom. The van der Waals surface area contributed by atoms with Crippen LogP contribution in [0.4, 0.5) is 0 Å². The van der Waals surface area contributed by atoms with Crippen LogP contribution in [0.25, 0.3) is 0 Å². The van der Waals surface area contributed by atoms with Gasteiger partial charge in [-0.2, -0.15) is 0 Å². The number of carbonyl (C=O) groups excluding carboxylic acids is 1. The van der Waals surface area contributed by atoms with E-state index in [1.807, 2.05) is 0 Å². The topological polar surface area (TPSA) is 23.6 Å². The molecule has 4 heterocycles. The largest absolute Gasteiger partial charge is 0.298 e. The summed E-state index contributed by atoms with van der Waals surface area (Å²) in [5.74, 6) is 0.507. The molecule has 0 amide bonds. The summed E-state index contributed by atoms with van der Waals surface area (Å²) in [6, 6.07) is 0. The van der Waals surface area contributed by atoms with E-state index in [2.05, 4.69) is 23.6 Å². The fourth-order valence-electron chi connectivity index (χ4n) is 3.68. The molecule has 0 aromatic carbocycles. The second-order valence-electron chi connectivity index (χ2n) is 5.57. The van der Waals surface area contributed by atoms with E-state index in [4.69, 9.17) is 0 Å². The zero-order valence-electron chi connectivity index (χ0n) is 8.34. The van der Waals surface area contributed by atoms with Crippen LogP contribution in [-0.2, 0) is 4.79 Å². The lowest BCUT2D eigenvalue weighted by Crippen LogP contribution is -2.74. The highest BCUT2D eigenvalue weighted by Crippen LogP contribution is 2.45. The zero-order valence-corrected chi connectivity index (χ0v) is 8.34. The van der Waals surface area contributed by atoms with Gasteiger partial charge in [-0.1, -0.05) is 13.8 Å². The Morgan fingerprint density at radius 3 is 1.77 bits per heavy atom. The molecule has 0 N–H and O–H groups in total. The number of Topliss-reactive ketones (excluding diaryl/α,β-unsaturated/α-hetero) is 1. The van der Waals surface area contributed by atoms with Gasteiger partial charge in [-0.3, -0.25) is 14.6 Å². The third kappa shape index (κ3) is 0.842. The van der Waals surface area contributed by atoms with Crippen molar-refractivity contribution in [1.29, 1.82) is 0 Å². The maximum absolute atomic E-state index is 12.2. The van der Waals surface area contributed by atoms with Crippen molar-refractivity contribution >= 4 is 5.78 Å². The average molecular weight is 180 g/mol. The van der Waals surface area contributed by atoms with Crippen LogP contribution in [0.1, 0.15) is 13.8 Å². The second kappa shape index (κ2) is 1.98. The van der Waals surface area contributed by atoms with Crippen LogP contribution >= 0.6 is 0 Å². The Kier molecular flexibility index (Phi) is 1.21. The summed E-state index contributed by atoms with van der Waals surface area (Å²) in [7, 11) is 0. The normalized spacial score (nSPS) is 58.8. The molecule has 0 aromatic rings. The molecule has 13 heavy (non-hydrogen) atoms. The van der Waals surface area contributed by atoms with E-state index in [1.54, 1.807) is 0 Å². The lowest BCUT2D eigenvalue weighted by atomic mass is 9.63. The first-order chi connectivity index (χ1) is 6.02. The number of hydrogen-bond acceptors (Lipinski definition) is 3. The maximum Gasteiger partial charge on any atom is 0.149 e. The SMILES string of the molecule is CC12CN3CN(C1)CC(C)(C3)C2=O. The van der Waals surface area contributed by atoms with E-state index in [9.17, 15) is 4.79 Å². The standard InChI is InChI=1S/C10H16N2O/c1-9-3-11-5-10(2,8(9)13)6-12(4-9)7-11/h3-7H2,1-2H3. The van der Waals surface area contributed by atoms with Crippen molar-refractivity contribution in [3.8, 4) is 0 Å². The van der Waals surface area contributed by atoms with Crippen molar-refractivity contribution in [1.82, 2.24) is 9.80 Å². The second-order valence-corrected chi connectivity index (χ2v) is 5.57. The molecule has 0 aliphatic carbocycles. The van der Waals surface area contributed by atoms with E-state index >= 15 is 0 Å². The molecular weight excluding hydrogens is 164 g/mol. The van der Waals surface area contributed by atoms with Crippen molar-refractivity contribution in [2.45, 2.75) is 13.8 Å². The van der Waals surface area contributed by atoms with E-state index in [0.717, 1.165) is 32.8 Å². The van der Waals surface area contributed by atoms with Gasteiger partial charge in [0.1, 0.15) is 5.78 Å². The minimum atomic E-state index is -0.0660. The highest BCUT2D eigenvalue weighted by molar-refractivity contribution is 5.92. The lowest BCUT2D eigenvalue weighted by molar-refractivity contribution is -0.177. The van der Waals surface area contributed by atoms with Crippen LogP contribution in [0.2, 0.25) is 0 Å². The average Bonchev–Trinajstić information content (AvgIpc) is 1.97. The van der Waals surface area contributed by atoms with Gasteiger partial charge in [-0.05, 0) is 0 Å². The fraction of sp³-hybridized carbons (Fsp3) is 0.900. The third-order valence-corrected chi connectivity index (χ3v) is 3.79. The summed E-state index contributed by atoms with van der Waals surface area (Å²) in [4.78, 5) is 17.0. The van der Waals surface area contributed by atoms with Gasteiger partial charge >= 0.3 is 0 Å². The zero-order chi connectivity index (χ0) is 9.27. The fourth-order valence-corrected chi connectivity index (χ4v) is 3.68. The molecule has 4 aliphatic heterocycles. The summed E-state index contributed by atoms with van der Waals surface area (Å²) in [6.07, 6.45) is 0. The van der Waals surface area contributed by atoms with Crippen LogP contribution < -0.4 is 0 Å². The summed E-state index contributed by atoms with van der Waals surface area (Å²) in [6.45, 7) is 9.28. The van der Waals surface area contributed by atoms with E-state index in [-0.39, 0.29) is 10.8 Å². The van der Waals surface area contributed by atoms with Crippen LogP contribution in [-0.4, -0.2) is 48.4 Å². The Labute approximate surface area is 78.7 Å². The number of ketones is 1. The van der Waals surface area contributed by atoms with E-state index in [1.165, 1.54) is 0 Å². The number of piperidine rings is 2. The molecule has 0 saturated carbocycles. The smallest absolute Gasteiger partial charge is 0.149 e. The molecule has 72 valence electrons. The molecule has 4 saturated heterocycles. The highest BCUT2D eigenvalue weighted by atomic mass is 16.1. The Bertz CT molecular complexity index is 249. The highest BCUT2D eigenvalue weighted by Gasteiger charge is 2.58. The van der Waals surface area contributed by atoms with Gasteiger partial charge in [0.15, 0.2) is 0 Å². The third-order valence-electron chi connectivity index (χ3n) is 3.79. The summed E-state index contributed by atoms with van der Waals surface area (Å²) in [5.41, 5.74) is -0.132. The molecule has 0 radical (unpaired) electrons.